The maximum Gasteiger partial charge on any atom is 0.248 e. The molecule has 0 radical (unpaired) electrons. The van der Waals surface area contributed by atoms with Crippen LogP contribution < -0.4 is 4.74 Å². The maximum absolute atomic E-state index is 12.9. The molecule has 5 heteroatoms. The number of rotatable bonds is 7. The first-order valence-electron chi connectivity index (χ1n) is 9.37. The van der Waals surface area contributed by atoms with Gasteiger partial charge in [-0.05, 0) is 60.6 Å². The Labute approximate surface area is 159 Å². The second kappa shape index (κ2) is 9.51. The summed E-state index contributed by atoms with van der Waals surface area (Å²) in [7, 11) is 1.55. The van der Waals surface area contributed by atoms with Crippen LogP contribution in [0.3, 0.4) is 0 Å². The Morgan fingerprint density at radius 3 is 2.30 bits per heavy atom. The summed E-state index contributed by atoms with van der Waals surface area (Å²) in [6.07, 6.45) is 3.10. The third kappa shape index (κ3) is 5.79. The molecule has 0 N–H and O–H groups in total. The van der Waals surface area contributed by atoms with Crippen LogP contribution >= 0.6 is 0 Å². The van der Waals surface area contributed by atoms with E-state index in [-0.39, 0.29) is 18.3 Å². The molecule has 1 amide bonds. The molecule has 144 valence electrons. The minimum atomic E-state index is -0.263. The lowest BCUT2D eigenvalue weighted by molar-refractivity contribution is -0.136. The molecule has 0 bridgehead atoms. The second-order valence-corrected chi connectivity index (χ2v) is 7.02. The quantitative estimate of drug-likeness (QED) is 0.742. The van der Waals surface area contributed by atoms with E-state index in [1.54, 1.807) is 19.2 Å². The second-order valence-electron chi connectivity index (χ2n) is 7.02. The van der Waals surface area contributed by atoms with Crippen molar-refractivity contribution < 1.29 is 18.7 Å². The molecule has 27 heavy (non-hydrogen) atoms. The van der Waals surface area contributed by atoms with E-state index in [1.807, 2.05) is 4.90 Å². The summed E-state index contributed by atoms with van der Waals surface area (Å²) in [6, 6.07) is 14.5. The molecular formula is C22H26FNO3. The van der Waals surface area contributed by atoms with Crippen LogP contribution in [0.15, 0.2) is 48.5 Å². The molecule has 3 rings (SSSR count). The Bertz CT molecular complexity index is 722. The van der Waals surface area contributed by atoms with E-state index in [0.717, 1.165) is 37.9 Å². The number of benzene rings is 2. The molecule has 0 saturated carbocycles. The molecule has 1 aliphatic rings. The zero-order valence-electron chi connectivity index (χ0n) is 15.7. The van der Waals surface area contributed by atoms with Crippen LogP contribution in [0.4, 0.5) is 4.39 Å². The number of carbonyl (C=O) groups excluding carboxylic acids is 1. The predicted molar refractivity (Wildman–Crippen MR) is 102 cm³/mol. The molecule has 0 aliphatic carbocycles. The number of likely N-dealkylation sites (tertiary alicyclic amines) is 1. The van der Waals surface area contributed by atoms with Gasteiger partial charge < -0.3 is 14.4 Å². The van der Waals surface area contributed by atoms with Gasteiger partial charge in [-0.25, -0.2) is 4.39 Å². The average Bonchev–Trinajstić information content (AvgIpc) is 2.69. The number of nitrogens with zero attached hydrogens (tertiary/aromatic N) is 1. The van der Waals surface area contributed by atoms with E-state index >= 15 is 0 Å². The zero-order chi connectivity index (χ0) is 19.1. The first-order valence-corrected chi connectivity index (χ1v) is 9.37. The summed E-state index contributed by atoms with van der Waals surface area (Å²) >= 11 is 0. The molecule has 2 aromatic carbocycles. The standard InChI is InChI=1S/C22H26FNO3/c1-26-16-22(25)24-12-10-18(11-13-24)14-17-2-4-19(5-3-17)15-27-21-8-6-20(23)7-9-21/h2-9,18H,10-16H2,1H3. The van der Waals surface area contributed by atoms with Crippen molar-refractivity contribution in [3.8, 4) is 5.75 Å². The summed E-state index contributed by atoms with van der Waals surface area (Å²) < 4.78 is 23.5. The zero-order valence-corrected chi connectivity index (χ0v) is 15.7. The summed E-state index contributed by atoms with van der Waals surface area (Å²) in [5, 5.41) is 0. The van der Waals surface area contributed by atoms with Crippen molar-refractivity contribution in [2.45, 2.75) is 25.9 Å². The van der Waals surface area contributed by atoms with Crippen LogP contribution in [-0.4, -0.2) is 37.6 Å². The fraction of sp³-hybridized carbons (Fsp3) is 0.409. The topological polar surface area (TPSA) is 38.8 Å². The van der Waals surface area contributed by atoms with Gasteiger partial charge in [-0.2, -0.15) is 0 Å². The van der Waals surface area contributed by atoms with Crippen LogP contribution in [-0.2, 0) is 22.6 Å². The van der Waals surface area contributed by atoms with E-state index in [1.165, 1.54) is 17.7 Å². The molecule has 0 aromatic heterocycles. The van der Waals surface area contributed by atoms with Crippen molar-refractivity contribution >= 4 is 5.91 Å². The Balaban J connectivity index is 1.44. The van der Waals surface area contributed by atoms with Crippen molar-refractivity contribution in [2.75, 3.05) is 26.8 Å². The first kappa shape index (κ1) is 19.4. The van der Waals surface area contributed by atoms with E-state index in [2.05, 4.69) is 24.3 Å². The van der Waals surface area contributed by atoms with E-state index in [0.29, 0.717) is 18.3 Å². The molecule has 0 unspecified atom stereocenters. The lowest BCUT2D eigenvalue weighted by Crippen LogP contribution is -2.40. The van der Waals surface area contributed by atoms with Gasteiger partial charge in [-0.1, -0.05) is 24.3 Å². The van der Waals surface area contributed by atoms with Gasteiger partial charge >= 0.3 is 0 Å². The molecule has 0 atom stereocenters. The number of hydrogen-bond donors (Lipinski definition) is 0. The Hall–Kier alpha value is -2.40. The Morgan fingerprint density at radius 1 is 1.04 bits per heavy atom. The normalized spacial score (nSPS) is 15.0. The minimum Gasteiger partial charge on any atom is -0.489 e. The highest BCUT2D eigenvalue weighted by atomic mass is 19.1. The lowest BCUT2D eigenvalue weighted by atomic mass is 9.90. The lowest BCUT2D eigenvalue weighted by Gasteiger charge is -2.32. The Morgan fingerprint density at radius 2 is 1.67 bits per heavy atom. The van der Waals surface area contributed by atoms with Crippen molar-refractivity contribution in [1.82, 2.24) is 4.90 Å². The van der Waals surface area contributed by atoms with Gasteiger partial charge in [-0.15, -0.1) is 0 Å². The number of hydrogen-bond acceptors (Lipinski definition) is 3. The van der Waals surface area contributed by atoms with Gasteiger partial charge in [0.05, 0.1) is 0 Å². The van der Waals surface area contributed by atoms with Crippen molar-refractivity contribution in [3.63, 3.8) is 0 Å². The van der Waals surface area contributed by atoms with Gasteiger partial charge in [0, 0.05) is 20.2 Å². The van der Waals surface area contributed by atoms with Gasteiger partial charge in [0.25, 0.3) is 0 Å². The fourth-order valence-corrected chi connectivity index (χ4v) is 3.40. The van der Waals surface area contributed by atoms with Crippen LogP contribution in [0.25, 0.3) is 0 Å². The van der Waals surface area contributed by atoms with Gasteiger partial charge in [0.15, 0.2) is 0 Å². The van der Waals surface area contributed by atoms with Crippen molar-refractivity contribution in [3.05, 3.63) is 65.5 Å². The number of piperidine rings is 1. The molecule has 1 heterocycles. The molecule has 1 fully saturated rings. The van der Waals surface area contributed by atoms with Gasteiger partial charge in [-0.3, -0.25) is 4.79 Å². The largest absolute Gasteiger partial charge is 0.489 e. The molecule has 1 saturated heterocycles. The van der Waals surface area contributed by atoms with Crippen LogP contribution in [0.1, 0.15) is 24.0 Å². The first-order chi connectivity index (χ1) is 13.1. The van der Waals surface area contributed by atoms with Crippen LogP contribution in [0.5, 0.6) is 5.75 Å². The molecule has 4 nitrogen and oxygen atoms in total. The van der Waals surface area contributed by atoms with E-state index in [9.17, 15) is 9.18 Å². The summed E-state index contributed by atoms with van der Waals surface area (Å²) in [5.74, 6) is 1.09. The SMILES string of the molecule is COCC(=O)N1CCC(Cc2ccc(COc3ccc(F)cc3)cc2)CC1. The smallest absolute Gasteiger partial charge is 0.248 e. The third-order valence-electron chi connectivity index (χ3n) is 5.00. The molecule has 1 aliphatic heterocycles. The minimum absolute atomic E-state index is 0.0847. The van der Waals surface area contributed by atoms with Gasteiger partial charge in [0.1, 0.15) is 24.8 Å². The number of halogens is 1. The Kier molecular flexibility index (Phi) is 6.82. The molecule has 0 spiro atoms. The summed E-state index contributed by atoms with van der Waals surface area (Å²) in [4.78, 5) is 13.8. The molecule has 2 aromatic rings. The predicted octanol–water partition coefficient (Wildman–Crippen LogP) is 3.83. The average molecular weight is 371 g/mol. The number of amides is 1. The number of ether oxygens (including phenoxy) is 2. The monoisotopic (exact) mass is 371 g/mol. The van der Waals surface area contributed by atoms with Crippen LogP contribution in [0, 0.1) is 11.7 Å². The summed E-state index contributed by atoms with van der Waals surface area (Å²) in [6.45, 7) is 2.27. The highest BCUT2D eigenvalue weighted by molar-refractivity contribution is 5.77. The summed E-state index contributed by atoms with van der Waals surface area (Å²) in [5.41, 5.74) is 2.39. The maximum atomic E-state index is 12.9. The van der Waals surface area contributed by atoms with Crippen molar-refractivity contribution in [1.29, 1.82) is 0 Å². The fourth-order valence-electron chi connectivity index (χ4n) is 3.40. The van der Waals surface area contributed by atoms with Crippen LogP contribution in [0.2, 0.25) is 0 Å². The highest BCUT2D eigenvalue weighted by Gasteiger charge is 2.22. The van der Waals surface area contributed by atoms with E-state index < -0.39 is 0 Å². The van der Waals surface area contributed by atoms with Gasteiger partial charge in [0.2, 0.25) is 5.91 Å². The highest BCUT2D eigenvalue weighted by Crippen LogP contribution is 2.22. The molecular weight excluding hydrogens is 345 g/mol. The van der Waals surface area contributed by atoms with E-state index in [4.69, 9.17) is 9.47 Å². The van der Waals surface area contributed by atoms with Crippen molar-refractivity contribution in [2.24, 2.45) is 5.92 Å². The number of carbonyl (C=O) groups is 1. The number of methoxy groups -OCH3 is 1. The third-order valence-corrected chi connectivity index (χ3v) is 5.00.